The zero-order valence-electron chi connectivity index (χ0n) is 16.5. The zero-order chi connectivity index (χ0) is 18.4. The second kappa shape index (κ2) is 8.62. The SMILES string of the molecule is CC1=C(/C=C/C(C)=C/C=C/C(C)=C/C2=NCCC2)C(C)(C)CCC1O. The molecule has 1 unspecified atom stereocenters. The molecule has 0 bridgehead atoms. The maximum atomic E-state index is 10.1. The van der Waals surface area contributed by atoms with E-state index in [4.69, 9.17) is 0 Å². The molecule has 25 heavy (non-hydrogen) atoms. The van der Waals surface area contributed by atoms with Crippen molar-refractivity contribution >= 4 is 5.71 Å². The van der Waals surface area contributed by atoms with E-state index in [1.807, 2.05) is 0 Å². The molecule has 1 atom stereocenters. The highest BCUT2D eigenvalue weighted by molar-refractivity contribution is 5.96. The number of nitrogens with zero attached hydrogens (tertiary/aromatic N) is 1. The van der Waals surface area contributed by atoms with Gasteiger partial charge in [0.1, 0.15) is 0 Å². The summed E-state index contributed by atoms with van der Waals surface area (Å²) in [6.45, 7) is 11.8. The molecule has 0 fully saturated rings. The van der Waals surface area contributed by atoms with Crippen molar-refractivity contribution in [2.45, 2.75) is 66.4 Å². The first-order chi connectivity index (χ1) is 11.8. The van der Waals surface area contributed by atoms with Crippen LogP contribution in [0.25, 0.3) is 0 Å². The van der Waals surface area contributed by atoms with Gasteiger partial charge in [-0.2, -0.15) is 0 Å². The molecule has 1 aliphatic carbocycles. The highest BCUT2D eigenvalue weighted by Crippen LogP contribution is 2.40. The first kappa shape index (κ1) is 19.7. The van der Waals surface area contributed by atoms with Crippen LogP contribution >= 0.6 is 0 Å². The second-order valence-corrected chi connectivity index (χ2v) is 8.00. The third kappa shape index (κ3) is 5.67. The van der Waals surface area contributed by atoms with E-state index in [0.29, 0.717) is 0 Å². The fourth-order valence-electron chi connectivity index (χ4n) is 3.53. The number of aliphatic imine (C=N–C) groups is 1. The van der Waals surface area contributed by atoms with E-state index in [1.165, 1.54) is 28.9 Å². The Kier molecular flexibility index (Phi) is 6.78. The van der Waals surface area contributed by atoms with Crippen molar-refractivity contribution in [3.63, 3.8) is 0 Å². The van der Waals surface area contributed by atoms with E-state index < -0.39 is 0 Å². The van der Waals surface area contributed by atoms with Crippen LogP contribution in [0.2, 0.25) is 0 Å². The first-order valence-electron chi connectivity index (χ1n) is 9.43. The summed E-state index contributed by atoms with van der Waals surface area (Å²) in [7, 11) is 0. The van der Waals surface area contributed by atoms with E-state index >= 15 is 0 Å². The molecule has 0 spiro atoms. The van der Waals surface area contributed by atoms with Crippen LogP contribution in [-0.2, 0) is 0 Å². The van der Waals surface area contributed by atoms with Gasteiger partial charge in [-0.1, -0.05) is 49.8 Å². The molecule has 0 aromatic heterocycles. The van der Waals surface area contributed by atoms with Crippen LogP contribution in [0.4, 0.5) is 0 Å². The molecule has 0 saturated heterocycles. The number of hydrogen-bond donors (Lipinski definition) is 1. The molecule has 2 heteroatoms. The Morgan fingerprint density at radius 1 is 1.20 bits per heavy atom. The van der Waals surface area contributed by atoms with Gasteiger partial charge in [-0.15, -0.1) is 0 Å². The summed E-state index contributed by atoms with van der Waals surface area (Å²) in [6, 6.07) is 0. The lowest BCUT2D eigenvalue weighted by atomic mass is 9.71. The van der Waals surface area contributed by atoms with Crippen molar-refractivity contribution in [1.29, 1.82) is 0 Å². The Bertz CT molecular complexity index is 668. The molecule has 0 saturated carbocycles. The average Bonchev–Trinajstić information content (AvgIpc) is 3.04. The van der Waals surface area contributed by atoms with Gasteiger partial charge in [-0.3, -0.25) is 4.99 Å². The third-order valence-corrected chi connectivity index (χ3v) is 5.23. The van der Waals surface area contributed by atoms with Gasteiger partial charge in [0, 0.05) is 12.3 Å². The van der Waals surface area contributed by atoms with Crippen LogP contribution in [0, 0.1) is 5.41 Å². The molecule has 2 rings (SSSR count). The van der Waals surface area contributed by atoms with Crippen LogP contribution < -0.4 is 0 Å². The number of aliphatic hydroxyl groups excluding tert-OH is 1. The predicted octanol–water partition coefficient (Wildman–Crippen LogP) is 5.72. The Morgan fingerprint density at radius 3 is 2.64 bits per heavy atom. The van der Waals surface area contributed by atoms with Crippen LogP contribution in [-0.4, -0.2) is 23.5 Å². The minimum absolute atomic E-state index is 0.136. The van der Waals surface area contributed by atoms with Crippen molar-refractivity contribution in [3.05, 3.63) is 58.7 Å². The summed E-state index contributed by atoms with van der Waals surface area (Å²) in [5.74, 6) is 0. The Balaban J connectivity index is 2.03. The molecule has 0 aromatic rings. The molecule has 136 valence electrons. The summed E-state index contributed by atoms with van der Waals surface area (Å²) >= 11 is 0. The van der Waals surface area contributed by atoms with E-state index in [0.717, 1.165) is 31.4 Å². The van der Waals surface area contributed by atoms with Crippen molar-refractivity contribution in [2.75, 3.05) is 6.54 Å². The molecule has 2 nitrogen and oxygen atoms in total. The topological polar surface area (TPSA) is 32.6 Å². The molecular weight excluding hydrogens is 306 g/mol. The summed E-state index contributed by atoms with van der Waals surface area (Å²) in [4.78, 5) is 4.48. The molecule has 0 amide bonds. The largest absolute Gasteiger partial charge is 0.389 e. The highest BCUT2D eigenvalue weighted by atomic mass is 16.3. The van der Waals surface area contributed by atoms with Crippen LogP contribution in [0.5, 0.6) is 0 Å². The van der Waals surface area contributed by atoms with Gasteiger partial charge in [-0.25, -0.2) is 0 Å². The van der Waals surface area contributed by atoms with Crippen molar-refractivity contribution in [2.24, 2.45) is 10.4 Å². The van der Waals surface area contributed by atoms with E-state index in [-0.39, 0.29) is 11.5 Å². The van der Waals surface area contributed by atoms with Gasteiger partial charge in [0.15, 0.2) is 0 Å². The lowest BCUT2D eigenvalue weighted by molar-refractivity contribution is 0.163. The minimum Gasteiger partial charge on any atom is -0.389 e. The van der Waals surface area contributed by atoms with E-state index in [9.17, 15) is 5.11 Å². The second-order valence-electron chi connectivity index (χ2n) is 8.00. The lowest BCUT2D eigenvalue weighted by Gasteiger charge is -2.35. The normalized spacial score (nSPS) is 25.4. The summed E-state index contributed by atoms with van der Waals surface area (Å²) in [6.07, 6.45) is 16.8. The highest BCUT2D eigenvalue weighted by Gasteiger charge is 2.30. The van der Waals surface area contributed by atoms with Gasteiger partial charge in [0.25, 0.3) is 0 Å². The Labute approximate surface area is 153 Å². The van der Waals surface area contributed by atoms with Gasteiger partial charge in [0.05, 0.1) is 6.10 Å². The van der Waals surface area contributed by atoms with Crippen molar-refractivity contribution in [3.8, 4) is 0 Å². The fourth-order valence-corrected chi connectivity index (χ4v) is 3.53. The van der Waals surface area contributed by atoms with Crippen LogP contribution in [0.1, 0.15) is 60.3 Å². The third-order valence-electron chi connectivity index (χ3n) is 5.23. The standard InChI is InChI=1S/C23H33NO/c1-17(8-6-9-18(2)16-20-10-7-15-24-20)11-12-21-19(3)22(25)13-14-23(21,4)5/h6,8-9,11-12,16,22,25H,7,10,13-15H2,1-5H3/b9-6+,12-11+,17-8+,18-16+. The average molecular weight is 340 g/mol. The fraction of sp³-hybridized carbons (Fsp3) is 0.522. The number of aliphatic hydroxyl groups is 1. The Morgan fingerprint density at radius 2 is 1.96 bits per heavy atom. The molecule has 1 heterocycles. The van der Waals surface area contributed by atoms with Gasteiger partial charge >= 0.3 is 0 Å². The molecule has 2 aliphatic rings. The molecular formula is C23H33NO. The molecule has 1 aliphatic heterocycles. The summed E-state index contributed by atoms with van der Waals surface area (Å²) < 4.78 is 0. The molecule has 0 radical (unpaired) electrons. The number of allylic oxidation sites excluding steroid dienone is 9. The smallest absolute Gasteiger partial charge is 0.0753 e. The van der Waals surface area contributed by atoms with Crippen LogP contribution in [0.3, 0.4) is 0 Å². The van der Waals surface area contributed by atoms with E-state index in [2.05, 4.69) is 76.1 Å². The monoisotopic (exact) mass is 339 g/mol. The lowest BCUT2D eigenvalue weighted by Crippen LogP contribution is -2.27. The summed E-state index contributed by atoms with van der Waals surface area (Å²) in [5, 5.41) is 10.1. The zero-order valence-corrected chi connectivity index (χ0v) is 16.5. The molecule has 1 N–H and O–H groups in total. The quantitative estimate of drug-likeness (QED) is 0.638. The summed E-state index contributed by atoms with van der Waals surface area (Å²) in [5.41, 5.74) is 6.20. The molecule has 0 aromatic carbocycles. The van der Waals surface area contributed by atoms with Crippen LogP contribution in [0.15, 0.2) is 63.7 Å². The van der Waals surface area contributed by atoms with E-state index in [1.54, 1.807) is 0 Å². The maximum absolute atomic E-state index is 10.1. The van der Waals surface area contributed by atoms with Crippen molar-refractivity contribution < 1.29 is 5.11 Å². The number of hydrogen-bond acceptors (Lipinski definition) is 2. The number of rotatable bonds is 5. The predicted molar refractivity (Wildman–Crippen MR) is 109 cm³/mol. The van der Waals surface area contributed by atoms with Gasteiger partial charge in [0.2, 0.25) is 0 Å². The van der Waals surface area contributed by atoms with Crippen molar-refractivity contribution in [1.82, 2.24) is 0 Å². The van der Waals surface area contributed by atoms with Gasteiger partial charge < -0.3 is 5.11 Å². The Hall–Kier alpha value is -1.67. The minimum atomic E-state index is -0.289. The first-order valence-corrected chi connectivity index (χ1v) is 9.43. The van der Waals surface area contributed by atoms with Gasteiger partial charge in [-0.05, 0) is 74.7 Å². The maximum Gasteiger partial charge on any atom is 0.0753 e.